The number of nitrogens with one attached hydrogen (secondary N) is 1. The zero-order chi connectivity index (χ0) is 13.9. The molecule has 0 aliphatic carbocycles. The highest BCUT2D eigenvalue weighted by Crippen LogP contribution is 2.24. The maximum absolute atomic E-state index is 5.53. The second-order valence-corrected chi connectivity index (χ2v) is 4.74. The number of nitrogens with two attached hydrogens (primary N) is 1. The van der Waals surface area contributed by atoms with Crippen LogP contribution in [-0.4, -0.2) is 15.0 Å². The van der Waals surface area contributed by atoms with Gasteiger partial charge in [-0.05, 0) is 24.3 Å². The fraction of sp³-hybridized carbons (Fsp3) is 0. The molecule has 0 saturated carbocycles. The van der Waals surface area contributed by atoms with Crippen molar-refractivity contribution in [1.82, 2.24) is 9.97 Å². The van der Waals surface area contributed by atoms with E-state index in [-0.39, 0.29) is 0 Å². The average molecular weight is 280 g/mol. The molecule has 0 amide bonds. The topological polar surface area (TPSA) is 63.8 Å². The van der Waals surface area contributed by atoms with Crippen LogP contribution >= 0.6 is 12.2 Å². The predicted octanol–water partition coefficient (Wildman–Crippen LogP) is 3.01. The number of rotatable bonds is 3. The van der Waals surface area contributed by atoms with Crippen molar-refractivity contribution in [2.45, 2.75) is 0 Å². The van der Waals surface area contributed by atoms with Gasteiger partial charge in [0.25, 0.3) is 0 Å². The summed E-state index contributed by atoms with van der Waals surface area (Å²) in [4.78, 5) is 8.90. The maximum Gasteiger partial charge on any atom is 0.122 e. The first kappa shape index (κ1) is 12.5. The molecule has 5 heteroatoms. The average Bonchev–Trinajstić information content (AvgIpc) is 2.48. The van der Waals surface area contributed by atoms with E-state index in [1.54, 1.807) is 18.5 Å². The van der Waals surface area contributed by atoms with Crippen LogP contribution in [0.15, 0.2) is 54.9 Å². The summed E-state index contributed by atoms with van der Waals surface area (Å²) in [6.45, 7) is 0. The first-order chi connectivity index (χ1) is 9.74. The molecular weight excluding hydrogens is 268 g/mol. The minimum Gasteiger partial charge on any atom is -0.388 e. The largest absolute Gasteiger partial charge is 0.388 e. The van der Waals surface area contributed by atoms with Gasteiger partial charge in [0.1, 0.15) is 4.99 Å². The minimum atomic E-state index is 0.295. The first-order valence-electron chi connectivity index (χ1n) is 6.11. The number of fused-ring (bicyclic) bond motifs is 1. The Morgan fingerprint density at radius 2 is 1.90 bits per heavy atom. The molecule has 0 radical (unpaired) electrons. The van der Waals surface area contributed by atoms with Crippen molar-refractivity contribution in [3.05, 3.63) is 60.6 Å². The standard InChI is InChI=1S/C15H12N4S/c16-15(20)13-7-6-11(9-18-13)19-12-5-1-3-10-4-2-8-17-14(10)12/h1-9,19H,(H2,16,20). The van der Waals surface area contributed by atoms with Crippen LogP contribution in [-0.2, 0) is 0 Å². The van der Waals surface area contributed by atoms with Crippen LogP contribution < -0.4 is 11.1 Å². The van der Waals surface area contributed by atoms with Gasteiger partial charge in [-0.3, -0.25) is 9.97 Å². The highest BCUT2D eigenvalue weighted by Gasteiger charge is 2.03. The molecule has 2 aromatic heterocycles. The van der Waals surface area contributed by atoms with Crippen LogP contribution in [0.4, 0.5) is 11.4 Å². The Balaban J connectivity index is 1.95. The molecule has 2 heterocycles. The van der Waals surface area contributed by atoms with Crippen LogP contribution in [0.1, 0.15) is 5.69 Å². The van der Waals surface area contributed by atoms with E-state index in [2.05, 4.69) is 15.3 Å². The van der Waals surface area contributed by atoms with E-state index in [0.29, 0.717) is 10.7 Å². The lowest BCUT2D eigenvalue weighted by Crippen LogP contribution is -2.11. The quantitative estimate of drug-likeness (QED) is 0.722. The number of pyridine rings is 2. The molecule has 0 aliphatic rings. The number of thiocarbonyl (C=S) groups is 1. The number of hydrogen-bond donors (Lipinski definition) is 2. The van der Waals surface area contributed by atoms with Gasteiger partial charge in [-0.25, -0.2) is 0 Å². The van der Waals surface area contributed by atoms with Gasteiger partial charge in [0.2, 0.25) is 0 Å². The maximum atomic E-state index is 5.53. The number of hydrogen-bond acceptors (Lipinski definition) is 4. The number of para-hydroxylation sites is 1. The SMILES string of the molecule is NC(=S)c1ccc(Nc2cccc3cccnc23)cn1. The Kier molecular flexibility index (Phi) is 3.26. The van der Waals surface area contributed by atoms with Crippen molar-refractivity contribution >= 4 is 39.5 Å². The fourth-order valence-corrected chi connectivity index (χ4v) is 2.09. The van der Waals surface area contributed by atoms with E-state index in [1.807, 2.05) is 36.4 Å². The third kappa shape index (κ3) is 2.44. The van der Waals surface area contributed by atoms with E-state index in [1.165, 1.54) is 0 Å². The van der Waals surface area contributed by atoms with Gasteiger partial charge >= 0.3 is 0 Å². The summed E-state index contributed by atoms with van der Waals surface area (Å²) < 4.78 is 0. The normalized spacial score (nSPS) is 10.4. The molecule has 3 N–H and O–H groups in total. The van der Waals surface area contributed by atoms with Crippen LogP contribution in [0.3, 0.4) is 0 Å². The zero-order valence-electron chi connectivity index (χ0n) is 10.6. The summed E-state index contributed by atoms with van der Waals surface area (Å²) >= 11 is 4.88. The van der Waals surface area contributed by atoms with Crippen molar-refractivity contribution in [3.8, 4) is 0 Å². The van der Waals surface area contributed by atoms with Gasteiger partial charge < -0.3 is 11.1 Å². The second kappa shape index (κ2) is 5.22. The molecule has 20 heavy (non-hydrogen) atoms. The molecule has 0 saturated heterocycles. The Hall–Kier alpha value is -2.53. The van der Waals surface area contributed by atoms with Gasteiger partial charge in [0, 0.05) is 11.6 Å². The van der Waals surface area contributed by atoms with Crippen molar-refractivity contribution in [2.75, 3.05) is 5.32 Å². The van der Waals surface area contributed by atoms with Crippen molar-refractivity contribution in [2.24, 2.45) is 5.73 Å². The lowest BCUT2D eigenvalue weighted by molar-refractivity contribution is 1.29. The molecule has 0 unspecified atom stereocenters. The van der Waals surface area contributed by atoms with Crippen LogP contribution in [0.25, 0.3) is 10.9 Å². The van der Waals surface area contributed by atoms with E-state index in [0.717, 1.165) is 22.3 Å². The first-order valence-corrected chi connectivity index (χ1v) is 6.51. The second-order valence-electron chi connectivity index (χ2n) is 4.30. The Morgan fingerprint density at radius 1 is 1.05 bits per heavy atom. The van der Waals surface area contributed by atoms with Crippen molar-refractivity contribution in [3.63, 3.8) is 0 Å². The molecule has 0 aliphatic heterocycles. The molecule has 1 aromatic carbocycles. The molecule has 98 valence electrons. The lowest BCUT2D eigenvalue weighted by Gasteiger charge is -2.09. The van der Waals surface area contributed by atoms with Gasteiger partial charge in [0.15, 0.2) is 0 Å². The van der Waals surface area contributed by atoms with Gasteiger partial charge in [-0.15, -0.1) is 0 Å². The molecule has 3 rings (SSSR count). The Morgan fingerprint density at radius 3 is 2.65 bits per heavy atom. The smallest absolute Gasteiger partial charge is 0.122 e. The number of benzene rings is 1. The van der Waals surface area contributed by atoms with Crippen LogP contribution in [0.5, 0.6) is 0 Å². The molecule has 0 spiro atoms. The third-order valence-electron chi connectivity index (χ3n) is 2.93. The summed E-state index contributed by atoms with van der Waals surface area (Å²) in [6.07, 6.45) is 3.48. The van der Waals surface area contributed by atoms with Crippen LogP contribution in [0, 0.1) is 0 Å². The highest BCUT2D eigenvalue weighted by atomic mass is 32.1. The number of anilines is 2. The van der Waals surface area contributed by atoms with Crippen molar-refractivity contribution < 1.29 is 0 Å². The summed E-state index contributed by atoms with van der Waals surface area (Å²) in [5.74, 6) is 0. The Bertz CT molecular complexity index is 763. The lowest BCUT2D eigenvalue weighted by atomic mass is 10.2. The van der Waals surface area contributed by atoms with Gasteiger partial charge in [0.05, 0.1) is 28.8 Å². The van der Waals surface area contributed by atoms with Crippen molar-refractivity contribution in [1.29, 1.82) is 0 Å². The summed E-state index contributed by atoms with van der Waals surface area (Å²) in [5, 5.41) is 4.39. The highest BCUT2D eigenvalue weighted by molar-refractivity contribution is 7.80. The molecule has 0 fully saturated rings. The molecule has 4 nitrogen and oxygen atoms in total. The number of aromatic nitrogens is 2. The molecular formula is C15H12N4S. The fourth-order valence-electron chi connectivity index (χ4n) is 1.97. The monoisotopic (exact) mass is 280 g/mol. The summed E-state index contributed by atoms with van der Waals surface area (Å²) in [6, 6.07) is 13.6. The van der Waals surface area contributed by atoms with Gasteiger partial charge in [-0.2, -0.15) is 0 Å². The number of nitrogens with zero attached hydrogens (tertiary/aromatic N) is 2. The van der Waals surface area contributed by atoms with Gasteiger partial charge in [-0.1, -0.05) is 30.4 Å². The molecule has 3 aromatic rings. The zero-order valence-corrected chi connectivity index (χ0v) is 11.4. The van der Waals surface area contributed by atoms with E-state index in [9.17, 15) is 0 Å². The summed E-state index contributed by atoms with van der Waals surface area (Å²) in [7, 11) is 0. The minimum absolute atomic E-state index is 0.295. The van der Waals surface area contributed by atoms with E-state index in [4.69, 9.17) is 18.0 Å². The van der Waals surface area contributed by atoms with E-state index >= 15 is 0 Å². The molecule has 0 bridgehead atoms. The predicted molar refractivity (Wildman–Crippen MR) is 85.2 cm³/mol. The Labute approximate surface area is 121 Å². The van der Waals surface area contributed by atoms with Crippen LogP contribution in [0.2, 0.25) is 0 Å². The third-order valence-corrected chi connectivity index (χ3v) is 3.14. The van der Waals surface area contributed by atoms with E-state index < -0.39 is 0 Å². The molecule has 0 atom stereocenters. The summed E-state index contributed by atoms with van der Waals surface area (Å²) in [5.41, 5.74) is 8.87.